The van der Waals surface area contributed by atoms with Crippen molar-refractivity contribution in [2.45, 2.75) is 26.3 Å². The Morgan fingerprint density at radius 1 is 1.04 bits per heavy atom. The number of ketones is 1. The van der Waals surface area contributed by atoms with Crippen LogP contribution in [0.4, 0.5) is 8.78 Å². The molecule has 0 atom stereocenters. The maximum atomic E-state index is 13.3. The summed E-state index contributed by atoms with van der Waals surface area (Å²) in [7, 11) is 0. The van der Waals surface area contributed by atoms with Gasteiger partial charge in [0.25, 0.3) is 0 Å². The van der Waals surface area contributed by atoms with Gasteiger partial charge in [0.05, 0.1) is 0 Å². The van der Waals surface area contributed by atoms with E-state index in [0.717, 1.165) is 42.6 Å². The molecule has 126 valence electrons. The standard InChI is InChI=1S/C20H21F2NO/c1-14-2-5-16(6-3-14)20(24)17-8-10-23(11-9-17)13-15-4-7-18(21)19(22)12-15/h2-7,12,17H,8-11,13H2,1H3. The number of carbonyl (C=O) groups is 1. The highest BCUT2D eigenvalue weighted by Gasteiger charge is 2.25. The van der Waals surface area contributed by atoms with Crippen molar-refractivity contribution in [2.24, 2.45) is 5.92 Å². The highest BCUT2D eigenvalue weighted by Crippen LogP contribution is 2.23. The summed E-state index contributed by atoms with van der Waals surface area (Å²) in [5.74, 6) is -1.37. The van der Waals surface area contributed by atoms with E-state index in [1.165, 1.54) is 12.1 Å². The molecule has 1 aliphatic rings. The van der Waals surface area contributed by atoms with Crippen LogP contribution in [0.2, 0.25) is 0 Å². The Kier molecular flexibility index (Phi) is 5.05. The maximum absolute atomic E-state index is 13.3. The summed E-state index contributed by atoms with van der Waals surface area (Å²) in [6.07, 6.45) is 1.60. The van der Waals surface area contributed by atoms with Gasteiger partial charge in [-0.15, -0.1) is 0 Å². The average molecular weight is 329 g/mol. The number of rotatable bonds is 4. The van der Waals surface area contributed by atoms with Crippen molar-refractivity contribution in [1.29, 1.82) is 0 Å². The van der Waals surface area contributed by atoms with Crippen molar-refractivity contribution in [2.75, 3.05) is 13.1 Å². The first-order valence-electron chi connectivity index (χ1n) is 8.30. The third-order valence-electron chi connectivity index (χ3n) is 4.68. The van der Waals surface area contributed by atoms with Crippen molar-refractivity contribution in [3.63, 3.8) is 0 Å². The maximum Gasteiger partial charge on any atom is 0.166 e. The molecule has 3 rings (SSSR count). The summed E-state index contributed by atoms with van der Waals surface area (Å²) < 4.78 is 26.3. The van der Waals surface area contributed by atoms with Crippen LogP contribution >= 0.6 is 0 Å². The molecule has 1 fully saturated rings. The molecule has 0 radical (unpaired) electrons. The van der Waals surface area contributed by atoms with Crippen LogP contribution in [0.25, 0.3) is 0 Å². The van der Waals surface area contributed by atoms with E-state index in [-0.39, 0.29) is 11.7 Å². The molecule has 2 aromatic rings. The first-order valence-corrected chi connectivity index (χ1v) is 8.30. The van der Waals surface area contributed by atoms with Crippen LogP contribution in [0.5, 0.6) is 0 Å². The fourth-order valence-corrected chi connectivity index (χ4v) is 3.20. The summed E-state index contributed by atoms with van der Waals surface area (Å²) in [5.41, 5.74) is 2.68. The molecule has 1 saturated heterocycles. The number of hydrogen-bond acceptors (Lipinski definition) is 2. The highest BCUT2D eigenvalue weighted by atomic mass is 19.2. The van der Waals surface area contributed by atoms with Crippen LogP contribution in [-0.2, 0) is 6.54 Å². The molecule has 0 bridgehead atoms. The topological polar surface area (TPSA) is 20.3 Å². The van der Waals surface area contributed by atoms with Crippen LogP contribution < -0.4 is 0 Å². The Balaban J connectivity index is 1.56. The first kappa shape index (κ1) is 16.8. The lowest BCUT2D eigenvalue weighted by Gasteiger charge is -2.31. The molecule has 4 heteroatoms. The molecule has 1 heterocycles. The number of piperidine rings is 1. The normalized spacial score (nSPS) is 16.3. The van der Waals surface area contributed by atoms with Gasteiger partial charge in [0.15, 0.2) is 17.4 Å². The van der Waals surface area contributed by atoms with Crippen molar-refractivity contribution in [1.82, 2.24) is 4.90 Å². The Morgan fingerprint density at radius 3 is 2.33 bits per heavy atom. The lowest BCUT2D eigenvalue weighted by atomic mass is 9.88. The summed E-state index contributed by atoms with van der Waals surface area (Å²) in [4.78, 5) is 14.7. The van der Waals surface area contributed by atoms with Crippen LogP contribution in [0.3, 0.4) is 0 Å². The van der Waals surface area contributed by atoms with Gasteiger partial charge in [0.2, 0.25) is 0 Å². The lowest BCUT2D eigenvalue weighted by molar-refractivity contribution is 0.0835. The van der Waals surface area contributed by atoms with Crippen molar-refractivity contribution < 1.29 is 13.6 Å². The molecule has 0 N–H and O–H groups in total. The summed E-state index contributed by atoms with van der Waals surface area (Å²) in [6, 6.07) is 11.7. The third-order valence-corrected chi connectivity index (χ3v) is 4.68. The number of hydrogen-bond donors (Lipinski definition) is 0. The fourth-order valence-electron chi connectivity index (χ4n) is 3.20. The van der Waals surface area contributed by atoms with Crippen LogP contribution in [0, 0.1) is 24.5 Å². The number of benzene rings is 2. The van der Waals surface area contributed by atoms with Crippen LogP contribution in [0.1, 0.15) is 34.3 Å². The molecule has 2 aromatic carbocycles. The van der Waals surface area contributed by atoms with Gasteiger partial charge in [0, 0.05) is 18.0 Å². The van der Waals surface area contributed by atoms with Gasteiger partial charge in [-0.05, 0) is 50.6 Å². The molecular weight excluding hydrogens is 308 g/mol. The Labute approximate surface area is 141 Å². The molecule has 0 unspecified atom stereocenters. The summed E-state index contributed by atoms with van der Waals surface area (Å²) in [5, 5.41) is 0. The van der Waals surface area contributed by atoms with Gasteiger partial charge < -0.3 is 0 Å². The zero-order chi connectivity index (χ0) is 17.1. The van der Waals surface area contributed by atoms with Crippen LogP contribution in [-0.4, -0.2) is 23.8 Å². The second-order valence-corrected chi connectivity index (χ2v) is 6.53. The minimum absolute atomic E-state index is 0.0499. The second kappa shape index (κ2) is 7.22. The van der Waals surface area contributed by atoms with E-state index in [9.17, 15) is 13.6 Å². The zero-order valence-electron chi connectivity index (χ0n) is 13.8. The van der Waals surface area contributed by atoms with Gasteiger partial charge in [-0.25, -0.2) is 8.78 Å². The van der Waals surface area contributed by atoms with Gasteiger partial charge in [-0.3, -0.25) is 9.69 Å². The Bertz CT molecular complexity index is 719. The molecule has 0 saturated carbocycles. The third kappa shape index (κ3) is 3.88. The van der Waals surface area contributed by atoms with Crippen molar-refractivity contribution >= 4 is 5.78 Å². The molecular formula is C20H21F2NO. The molecule has 0 amide bonds. The van der Waals surface area contributed by atoms with E-state index in [1.54, 1.807) is 6.07 Å². The SMILES string of the molecule is Cc1ccc(C(=O)C2CCN(Cc3ccc(F)c(F)c3)CC2)cc1. The number of nitrogens with zero attached hydrogens (tertiary/aromatic N) is 1. The molecule has 1 aliphatic heterocycles. The molecule has 2 nitrogen and oxygen atoms in total. The van der Waals surface area contributed by atoms with E-state index < -0.39 is 11.6 Å². The predicted octanol–water partition coefficient (Wildman–Crippen LogP) is 4.37. The predicted molar refractivity (Wildman–Crippen MR) is 89.9 cm³/mol. The number of halogens is 2. The second-order valence-electron chi connectivity index (χ2n) is 6.53. The lowest BCUT2D eigenvalue weighted by Crippen LogP contribution is -2.36. The molecule has 0 aromatic heterocycles. The van der Waals surface area contributed by atoms with Crippen LogP contribution in [0.15, 0.2) is 42.5 Å². The number of aryl methyl sites for hydroxylation is 1. The average Bonchev–Trinajstić information content (AvgIpc) is 2.59. The number of carbonyl (C=O) groups excluding carboxylic acids is 1. The molecule has 0 aliphatic carbocycles. The molecule has 24 heavy (non-hydrogen) atoms. The monoisotopic (exact) mass is 329 g/mol. The van der Waals surface area contributed by atoms with E-state index >= 15 is 0 Å². The van der Waals surface area contributed by atoms with E-state index in [0.29, 0.717) is 6.54 Å². The van der Waals surface area contributed by atoms with E-state index in [1.807, 2.05) is 31.2 Å². The van der Waals surface area contributed by atoms with Gasteiger partial charge in [0.1, 0.15) is 0 Å². The number of Topliss-reactive ketones (excluding diaryl/α,β-unsaturated/α-hetero) is 1. The van der Waals surface area contributed by atoms with Crippen molar-refractivity contribution in [3.8, 4) is 0 Å². The number of likely N-dealkylation sites (tertiary alicyclic amines) is 1. The summed E-state index contributed by atoms with van der Waals surface area (Å²) >= 11 is 0. The molecule has 0 spiro atoms. The fraction of sp³-hybridized carbons (Fsp3) is 0.350. The largest absolute Gasteiger partial charge is 0.299 e. The smallest absolute Gasteiger partial charge is 0.166 e. The first-order chi connectivity index (χ1) is 11.5. The highest BCUT2D eigenvalue weighted by molar-refractivity contribution is 5.97. The van der Waals surface area contributed by atoms with Gasteiger partial charge >= 0.3 is 0 Å². The van der Waals surface area contributed by atoms with E-state index in [2.05, 4.69) is 4.90 Å². The zero-order valence-corrected chi connectivity index (χ0v) is 13.8. The minimum Gasteiger partial charge on any atom is -0.299 e. The summed E-state index contributed by atoms with van der Waals surface area (Å²) in [6.45, 7) is 4.18. The Morgan fingerprint density at radius 2 is 1.71 bits per heavy atom. The van der Waals surface area contributed by atoms with Gasteiger partial charge in [-0.1, -0.05) is 35.9 Å². The van der Waals surface area contributed by atoms with E-state index in [4.69, 9.17) is 0 Å². The minimum atomic E-state index is -0.818. The van der Waals surface area contributed by atoms with Gasteiger partial charge in [-0.2, -0.15) is 0 Å². The Hall–Kier alpha value is -2.07. The van der Waals surface area contributed by atoms with Crippen molar-refractivity contribution in [3.05, 3.63) is 70.8 Å². The quantitative estimate of drug-likeness (QED) is 0.777.